The van der Waals surface area contributed by atoms with Gasteiger partial charge in [0.05, 0.1) is 6.61 Å². The van der Waals surface area contributed by atoms with Crippen LogP contribution < -0.4 is 0 Å². The molecule has 0 spiro atoms. The zero-order valence-corrected chi connectivity index (χ0v) is 7.84. The average Bonchev–Trinajstić information content (AvgIpc) is 1.99. The summed E-state index contributed by atoms with van der Waals surface area (Å²) in [5.74, 6) is 0. The Labute approximate surface area is 67.1 Å². The van der Waals surface area contributed by atoms with Gasteiger partial charge in [-0.25, -0.2) is 4.57 Å². The van der Waals surface area contributed by atoms with Gasteiger partial charge in [-0.3, -0.25) is 9.05 Å². The molecule has 0 aliphatic heterocycles. The Morgan fingerprint density at radius 1 is 1.45 bits per heavy atom. The van der Waals surface area contributed by atoms with Gasteiger partial charge in [-0.05, 0) is 6.42 Å². The Hall–Kier alpha value is 0.110. The van der Waals surface area contributed by atoms with Crippen LogP contribution in [0.1, 0.15) is 26.2 Å². The number of hydrogen-bond acceptors (Lipinski definition) is 3. The first-order chi connectivity index (χ1) is 5.12. The second kappa shape index (κ2) is 5.72. The molecule has 0 aromatic heterocycles. The van der Waals surface area contributed by atoms with E-state index in [-0.39, 0.29) is 6.61 Å². The highest BCUT2D eigenvalue weighted by molar-refractivity contribution is 7.47. The fraction of sp³-hybridized carbons (Fsp3) is 1.00. The van der Waals surface area contributed by atoms with Crippen LogP contribution in [0, 0.1) is 0 Å². The van der Waals surface area contributed by atoms with Crippen LogP contribution in [0.2, 0.25) is 0 Å². The molecule has 0 heterocycles. The monoisotopic (exact) mass is 182 g/mol. The highest BCUT2D eigenvalue weighted by atomic mass is 31.2. The maximum atomic E-state index is 10.7. The molecule has 11 heavy (non-hydrogen) atoms. The number of hydrogen-bond donors (Lipinski definition) is 1. The van der Waals surface area contributed by atoms with Crippen LogP contribution in [0.4, 0.5) is 0 Å². The van der Waals surface area contributed by atoms with Crippen molar-refractivity contribution in [3.63, 3.8) is 0 Å². The summed E-state index contributed by atoms with van der Waals surface area (Å²) >= 11 is 0. The topological polar surface area (TPSA) is 55.8 Å². The van der Waals surface area contributed by atoms with Crippen molar-refractivity contribution >= 4 is 7.82 Å². The van der Waals surface area contributed by atoms with Gasteiger partial charge in [0.15, 0.2) is 0 Å². The van der Waals surface area contributed by atoms with Crippen molar-refractivity contribution in [2.24, 2.45) is 0 Å². The Kier molecular flexibility index (Phi) is 5.78. The lowest BCUT2D eigenvalue weighted by atomic mass is 10.3. The SMILES string of the molecule is CCCCCOP(=O)(O)OC. The maximum Gasteiger partial charge on any atom is 0.471 e. The molecule has 0 aromatic rings. The van der Waals surface area contributed by atoms with Crippen LogP contribution in [-0.4, -0.2) is 18.6 Å². The van der Waals surface area contributed by atoms with E-state index in [0.717, 1.165) is 26.4 Å². The van der Waals surface area contributed by atoms with Crippen molar-refractivity contribution in [3.8, 4) is 0 Å². The summed E-state index contributed by atoms with van der Waals surface area (Å²) in [6.07, 6.45) is 2.86. The molecule has 0 amide bonds. The highest BCUT2D eigenvalue weighted by Gasteiger charge is 2.16. The standard InChI is InChI=1S/C6H15O4P/c1-3-4-5-6-10-11(7,8)9-2/h3-6H2,1-2H3,(H,7,8). The first-order valence-corrected chi connectivity index (χ1v) is 5.15. The Bertz CT molecular complexity index is 137. The first-order valence-electron chi connectivity index (χ1n) is 3.65. The maximum absolute atomic E-state index is 10.7. The van der Waals surface area contributed by atoms with Crippen molar-refractivity contribution in [3.05, 3.63) is 0 Å². The molecular formula is C6H15O4P. The van der Waals surface area contributed by atoms with E-state index in [0.29, 0.717) is 0 Å². The number of rotatable bonds is 6. The third-order valence-electron chi connectivity index (χ3n) is 1.23. The molecule has 0 bridgehead atoms. The summed E-state index contributed by atoms with van der Waals surface area (Å²) in [6.45, 7) is 2.34. The number of phosphoric ester groups is 1. The van der Waals surface area contributed by atoms with Crippen molar-refractivity contribution in [1.29, 1.82) is 0 Å². The molecule has 0 saturated heterocycles. The molecule has 1 unspecified atom stereocenters. The minimum absolute atomic E-state index is 0.287. The van der Waals surface area contributed by atoms with Crippen molar-refractivity contribution < 1.29 is 18.5 Å². The van der Waals surface area contributed by atoms with Gasteiger partial charge in [-0.2, -0.15) is 0 Å². The summed E-state index contributed by atoms with van der Waals surface area (Å²) in [5.41, 5.74) is 0. The zero-order valence-electron chi connectivity index (χ0n) is 6.95. The Morgan fingerprint density at radius 3 is 2.55 bits per heavy atom. The summed E-state index contributed by atoms with van der Waals surface area (Å²) < 4.78 is 19.4. The van der Waals surface area contributed by atoms with E-state index < -0.39 is 7.82 Å². The molecule has 0 aliphatic carbocycles. The summed E-state index contributed by atoms with van der Waals surface area (Å²) in [6, 6.07) is 0. The zero-order chi connectivity index (χ0) is 8.74. The molecule has 5 heteroatoms. The molecule has 0 saturated carbocycles. The van der Waals surface area contributed by atoms with Crippen LogP contribution in [0.3, 0.4) is 0 Å². The molecule has 0 rings (SSSR count). The third kappa shape index (κ3) is 6.51. The van der Waals surface area contributed by atoms with Gasteiger partial charge >= 0.3 is 7.82 Å². The minimum atomic E-state index is -3.71. The van der Waals surface area contributed by atoms with E-state index in [1.807, 2.05) is 0 Å². The van der Waals surface area contributed by atoms with Crippen molar-refractivity contribution in [2.45, 2.75) is 26.2 Å². The van der Waals surface area contributed by atoms with Gasteiger partial charge in [-0.15, -0.1) is 0 Å². The van der Waals surface area contributed by atoms with Gasteiger partial charge in [0.2, 0.25) is 0 Å². The Morgan fingerprint density at radius 2 is 2.09 bits per heavy atom. The second-order valence-corrected chi connectivity index (χ2v) is 3.75. The van der Waals surface area contributed by atoms with Crippen LogP contribution in [0.15, 0.2) is 0 Å². The summed E-state index contributed by atoms with van der Waals surface area (Å²) in [4.78, 5) is 8.73. The third-order valence-corrected chi connectivity index (χ3v) is 2.20. The summed E-state index contributed by atoms with van der Waals surface area (Å²) in [7, 11) is -2.56. The molecule has 1 N–H and O–H groups in total. The molecule has 4 nitrogen and oxygen atoms in total. The van der Waals surface area contributed by atoms with E-state index in [2.05, 4.69) is 16.0 Å². The Balaban J connectivity index is 3.31. The van der Waals surface area contributed by atoms with Gasteiger partial charge < -0.3 is 4.89 Å². The molecule has 0 radical (unpaired) electrons. The van der Waals surface area contributed by atoms with Gasteiger partial charge in [0.1, 0.15) is 0 Å². The van der Waals surface area contributed by atoms with Gasteiger partial charge in [0, 0.05) is 7.11 Å². The minimum Gasteiger partial charge on any atom is -0.303 e. The van der Waals surface area contributed by atoms with Crippen LogP contribution in [0.5, 0.6) is 0 Å². The van der Waals surface area contributed by atoms with E-state index >= 15 is 0 Å². The molecule has 0 fully saturated rings. The molecule has 68 valence electrons. The molecular weight excluding hydrogens is 167 g/mol. The first kappa shape index (κ1) is 11.1. The lowest BCUT2D eigenvalue weighted by molar-refractivity contribution is 0.170. The normalized spacial score (nSPS) is 16.3. The van der Waals surface area contributed by atoms with E-state index in [1.165, 1.54) is 0 Å². The fourth-order valence-electron chi connectivity index (χ4n) is 0.585. The second-order valence-electron chi connectivity index (χ2n) is 2.19. The highest BCUT2D eigenvalue weighted by Crippen LogP contribution is 2.41. The largest absolute Gasteiger partial charge is 0.471 e. The lowest BCUT2D eigenvalue weighted by Crippen LogP contribution is -1.93. The van der Waals surface area contributed by atoms with Crippen LogP contribution in [0.25, 0.3) is 0 Å². The van der Waals surface area contributed by atoms with Gasteiger partial charge in [-0.1, -0.05) is 19.8 Å². The number of phosphoric acid groups is 1. The smallest absolute Gasteiger partial charge is 0.303 e. The van der Waals surface area contributed by atoms with E-state index in [9.17, 15) is 4.57 Å². The molecule has 0 aromatic carbocycles. The lowest BCUT2D eigenvalue weighted by Gasteiger charge is -2.07. The average molecular weight is 182 g/mol. The molecule has 1 atom stereocenters. The fourth-order valence-corrected chi connectivity index (χ4v) is 1.05. The quantitative estimate of drug-likeness (QED) is 0.503. The predicted octanol–water partition coefficient (Wildman–Crippen LogP) is 1.94. The number of unbranched alkanes of at least 4 members (excludes halogenated alkanes) is 2. The van der Waals surface area contributed by atoms with E-state index in [4.69, 9.17) is 4.89 Å². The van der Waals surface area contributed by atoms with Crippen molar-refractivity contribution in [1.82, 2.24) is 0 Å². The predicted molar refractivity (Wildman–Crippen MR) is 42.3 cm³/mol. The van der Waals surface area contributed by atoms with Crippen LogP contribution in [-0.2, 0) is 13.6 Å². The van der Waals surface area contributed by atoms with Crippen LogP contribution >= 0.6 is 7.82 Å². The van der Waals surface area contributed by atoms with Gasteiger partial charge in [0.25, 0.3) is 0 Å². The van der Waals surface area contributed by atoms with Crippen molar-refractivity contribution in [2.75, 3.05) is 13.7 Å². The summed E-state index contributed by atoms with van der Waals surface area (Å²) in [5, 5.41) is 0. The van der Waals surface area contributed by atoms with E-state index in [1.54, 1.807) is 0 Å². The molecule has 0 aliphatic rings.